The Balaban J connectivity index is 0.00000364. The maximum absolute atomic E-state index is 5.18. The Bertz CT molecular complexity index is 528. The number of thiophene rings is 1. The quantitative estimate of drug-likeness (QED) is 0.304. The third kappa shape index (κ3) is 8.66. The largest absolute Gasteiger partial charge is 0.383 e. The summed E-state index contributed by atoms with van der Waals surface area (Å²) in [5, 5.41) is 9.10. The van der Waals surface area contributed by atoms with Crippen LogP contribution >= 0.6 is 35.3 Å². The summed E-state index contributed by atoms with van der Waals surface area (Å²) in [5.41, 5.74) is 0.0726. The van der Waals surface area contributed by atoms with E-state index in [4.69, 9.17) is 9.73 Å². The zero-order valence-electron chi connectivity index (χ0n) is 17.3. The molecule has 0 saturated carbocycles. The molecule has 0 spiro atoms. The second kappa shape index (κ2) is 13.0. The Morgan fingerprint density at radius 2 is 2.07 bits per heavy atom. The normalized spacial score (nSPS) is 16.8. The molecule has 1 aliphatic rings. The molecule has 1 saturated heterocycles. The molecular weight excluding hydrogens is 471 g/mol. The second-order valence-corrected chi connectivity index (χ2v) is 8.66. The molecule has 0 unspecified atom stereocenters. The highest BCUT2D eigenvalue weighted by atomic mass is 127. The van der Waals surface area contributed by atoms with Gasteiger partial charge in [0.1, 0.15) is 0 Å². The van der Waals surface area contributed by atoms with Gasteiger partial charge in [-0.05, 0) is 50.2 Å². The van der Waals surface area contributed by atoms with Crippen molar-refractivity contribution >= 4 is 41.3 Å². The lowest BCUT2D eigenvalue weighted by atomic mass is 9.92. The van der Waals surface area contributed by atoms with Crippen molar-refractivity contribution in [2.45, 2.75) is 39.0 Å². The number of hydrogen-bond donors (Lipinski definition) is 2. The zero-order valence-corrected chi connectivity index (χ0v) is 20.4. The van der Waals surface area contributed by atoms with Gasteiger partial charge in [0.05, 0.1) is 13.2 Å². The van der Waals surface area contributed by atoms with Crippen molar-refractivity contribution < 1.29 is 4.74 Å². The molecule has 1 aromatic heterocycles. The minimum absolute atomic E-state index is 0. The molecule has 2 heterocycles. The fourth-order valence-corrected chi connectivity index (χ4v) is 4.08. The summed E-state index contributed by atoms with van der Waals surface area (Å²) < 4.78 is 5.18. The number of aliphatic imine (C=N–C) groups is 1. The van der Waals surface area contributed by atoms with Gasteiger partial charge in [0.2, 0.25) is 0 Å². The third-order valence-electron chi connectivity index (χ3n) is 5.04. The number of guanidine groups is 1. The summed E-state index contributed by atoms with van der Waals surface area (Å²) in [4.78, 5) is 8.75. The molecule has 1 fully saturated rings. The van der Waals surface area contributed by atoms with Crippen molar-refractivity contribution in [2.24, 2.45) is 10.9 Å². The van der Waals surface area contributed by atoms with Crippen LogP contribution in [0.5, 0.6) is 0 Å². The van der Waals surface area contributed by atoms with Gasteiger partial charge in [0.15, 0.2) is 5.96 Å². The smallest absolute Gasteiger partial charge is 0.191 e. The van der Waals surface area contributed by atoms with E-state index in [2.05, 4.69) is 53.8 Å². The Morgan fingerprint density at radius 1 is 1.33 bits per heavy atom. The van der Waals surface area contributed by atoms with Crippen molar-refractivity contribution in [3.05, 3.63) is 22.4 Å². The zero-order chi connectivity index (χ0) is 18.8. The van der Waals surface area contributed by atoms with E-state index in [1.807, 2.05) is 11.3 Å². The van der Waals surface area contributed by atoms with E-state index in [0.717, 1.165) is 44.7 Å². The van der Waals surface area contributed by atoms with Crippen molar-refractivity contribution in [2.75, 3.05) is 53.0 Å². The summed E-state index contributed by atoms with van der Waals surface area (Å²) in [6, 6.07) is 4.33. The minimum atomic E-state index is 0. The van der Waals surface area contributed by atoms with E-state index in [-0.39, 0.29) is 29.4 Å². The molecule has 5 nitrogen and oxygen atoms in total. The SMILES string of the molecule is CCNC(=NCC(C)(C)c1cccs1)NCC1CCN(CCOC)CC1.I. The number of nitrogens with one attached hydrogen (secondary N) is 2. The van der Waals surface area contributed by atoms with Crippen LogP contribution in [0.15, 0.2) is 22.5 Å². The maximum atomic E-state index is 5.18. The van der Waals surface area contributed by atoms with Gasteiger partial charge in [0.25, 0.3) is 0 Å². The maximum Gasteiger partial charge on any atom is 0.191 e. The first-order valence-corrected chi connectivity index (χ1v) is 10.7. The number of ether oxygens (including phenoxy) is 1. The number of halogens is 1. The Labute approximate surface area is 186 Å². The second-order valence-electron chi connectivity index (χ2n) is 7.72. The molecule has 2 rings (SSSR count). The molecule has 0 aliphatic carbocycles. The van der Waals surface area contributed by atoms with Gasteiger partial charge < -0.3 is 20.3 Å². The number of likely N-dealkylation sites (tertiary alicyclic amines) is 1. The fourth-order valence-electron chi connectivity index (χ4n) is 3.24. The van der Waals surface area contributed by atoms with Gasteiger partial charge >= 0.3 is 0 Å². The standard InChI is InChI=1S/C20H36N4OS.HI/c1-5-21-19(23-16-20(2,3)18-7-6-14-26-18)22-15-17-8-10-24(11-9-17)12-13-25-4;/h6-7,14,17H,5,8-13,15-16H2,1-4H3,(H2,21,22,23);1H. The molecule has 0 aromatic carbocycles. The van der Waals surface area contributed by atoms with Crippen LogP contribution in [0.3, 0.4) is 0 Å². The van der Waals surface area contributed by atoms with Crippen molar-refractivity contribution in [1.82, 2.24) is 15.5 Å². The summed E-state index contributed by atoms with van der Waals surface area (Å²) in [7, 11) is 1.78. The monoisotopic (exact) mass is 508 g/mol. The molecule has 7 heteroatoms. The molecule has 156 valence electrons. The lowest BCUT2D eigenvalue weighted by molar-refractivity contribution is 0.121. The van der Waals surface area contributed by atoms with Crippen LogP contribution in [0.1, 0.15) is 38.5 Å². The summed E-state index contributed by atoms with van der Waals surface area (Å²) in [5.74, 6) is 1.67. The number of hydrogen-bond acceptors (Lipinski definition) is 4. The lowest BCUT2D eigenvalue weighted by Gasteiger charge is -2.32. The molecule has 0 bridgehead atoms. The van der Waals surface area contributed by atoms with Crippen LogP contribution in [0.25, 0.3) is 0 Å². The van der Waals surface area contributed by atoms with Crippen LogP contribution in [0, 0.1) is 5.92 Å². The summed E-state index contributed by atoms with van der Waals surface area (Å²) in [6.45, 7) is 13.6. The van der Waals surface area contributed by atoms with Gasteiger partial charge in [-0.25, -0.2) is 0 Å². The molecule has 27 heavy (non-hydrogen) atoms. The van der Waals surface area contributed by atoms with Gasteiger partial charge in [-0.3, -0.25) is 4.99 Å². The molecule has 2 N–H and O–H groups in total. The minimum Gasteiger partial charge on any atom is -0.383 e. The van der Waals surface area contributed by atoms with Gasteiger partial charge in [-0.2, -0.15) is 0 Å². The highest BCUT2D eigenvalue weighted by molar-refractivity contribution is 14.0. The Hall–Kier alpha value is -0.380. The fraction of sp³-hybridized carbons (Fsp3) is 0.750. The van der Waals surface area contributed by atoms with Crippen LogP contribution in [0.4, 0.5) is 0 Å². The molecule has 1 aromatic rings. The van der Waals surface area contributed by atoms with Crippen molar-refractivity contribution in [3.8, 4) is 0 Å². The predicted molar refractivity (Wildman–Crippen MR) is 128 cm³/mol. The van der Waals surface area contributed by atoms with Crippen molar-refractivity contribution in [1.29, 1.82) is 0 Å². The third-order valence-corrected chi connectivity index (χ3v) is 6.28. The Kier molecular flexibility index (Phi) is 11.8. The molecular formula is C20H37IN4OS. The average molecular weight is 509 g/mol. The van der Waals surface area contributed by atoms with E-state index in [1.54, 1.807) is 7.11 Å². The summed E-state index contributed by atoms with van der Waals surface area (Å²) >= 11 is 1.81. The number of rotatable bonds is 9. The van der Waals surface area contributed by atoms with Crippen LogP contribution < -0.4 is 10.6 Å². The van der Waals surface area contributed by atoms with Gasteiger partial charge in [-0.1, -0.05) is 19.9 Å². The number of methoxy groups -OCH3 is 1. The van der Waals surface area contributed by atoms with E-state index in [1.165, 1.54) is 30.8 Å². The van der Waals surface area contributed by atoms with E-state index < -0.39 is 0 Å². The van der Waals surface area contributed by atoms with Gasteiger partial charge in [0, 0.05) is 37.0 Å². The molecule has 0 amide bonds. The number of piperidine rings is 1. The molecule has 0 radical (unpaired) electrons. The van der Waals surface area contributed by atoms with Crippen LogP contribution in [-0.2, 0) is 10.2 Å². The van der Waals surface area contributed by atoms with Crippen LogP contribution in [-0.4, -0.2) is 63.8 Å². The van der Waals surface area contributed by atoms with Crippen molar-refractivity contribution in [3.63, 3.8) is 0 Å². The highest BCUT2D eigenvalue weighted by Crippen LogP contribution is 2.27. The first-order valence-electron chi connectivity index (χ1n) is 9.82. The van der Waals surface area contributed by atoms with E-state index in [9.17, 15) is 0 Å². The topological polar surface area (TPSA) is 48.9 Å². The first-order chi connectivity index (χ1) is 12.5. The van der Waals surface area contributed by atoms with Crippen LogP contribution in [0.2, 0.25) is 0 Å². The van der Waals surface area contributed by atoms with Gasteiger partial charge in [-0.15, -0.1) is 35.3 Å². The predicted octanol–water partition coefficient (Wildman–Crippen LogP) is 3.56. The first kappa shape index (κ1) is 24.7. The highest BCUT2D eigenvalue weighted by Gasteiger charge is 2.22. The molecule has 1 aliphatic heterocycles. The molecule has 0 atom stereocenters. The Morgan fingerprint density at radius 3 is 2.67 bits per heavy atom. The summed E-state index contributed by atoms with van der Waals surface area (Å²) in [6.07, 6.45) is 2.49. The average Bonchev–Trinajstić information content (AvgIpc) is 3.19. The number of nitrogens with zero attached hydrogens (tertiary/aromatic N) is 2. The van der Waals surface area contributed by atoms with E-state index >= 15 is 0 Å². The lowest BCUT2D eigenvalue weighted by Crippen LogP contribution is -2.43. The van der Waals surface area contributed by atoms with E-state index in [0.29, 0.717) is 0 Å².